The number of carbonyl (C=O) groups is 2. The minimum absolute atomic E-state index is 0.163. The van der Waals surface area contributed by atoms with Crippen molar-refractivity contribution >= 4 is 19.8 Å². The van der Waals surface area contributed by atoms with Gasteiger partial charge in [-0.05, 0) is 51.4 Å². The van der Waals surface area contributed by atoms with Crippen LogP contribution in [0.1, 0.15) is 194 Å². The largest absolute Gasteiger partial charge is 0.472 e. The third-order valence-corrected chi connectivity index (χ3v) is 10.6. The number of esters is 2. The van der Waals surface area contributed by atoms with Crippen molar-refractivity contribution in [2.45, 2.75) is 206 Å². The number of carbonyl (C=O) groups excluding carboxylic acids is 2. The normalized spacial score (nSPS) is 14.3. The summed E-state index contributed by atoms with van der Waals surface area (Å²) in [6.07, 6.45) is 49.1. The average Bonchev–Trinajstić information content (AvgIpc) is 3.22. The lowest BCUT2D eigenvalue weighted by molar-refractivity contribution is -0.161. The number of rotatable bonds is 43. The highest BCUT2D eigenvalue weighted by atomic mass is 31.2. The van der Waals surface area contributed by atoms with E-state index in [1.807, 2.05) is 6.08 Å². The lowest BCUT2D eigenvalue weighted by Crippen LogP contribution is -2.29. The summed E-state index contributed by atoms with van der Waals surface area (Å²) in [4.78, 5) is 35.0. The van der Waals surface area contributed by atoms with E-state index < -0.39 is 51.8 Å². The van der Waals surface area contributed by atoms with Gasteiger partial charge in [-0.2, -0.15) is 0 Å². The smallest absolute Gasteiger partial charge is 0.462 e. The zero-order valence-corrected chi connectivity index (χ0v) is 38.1. The molecule has 3 atom stereocenters. The summed E-state index contributed by atoms with van der Waals surface area (Å²) in [6, 6.07) is 0. The molecule has 0 aromatic carbocycles. The first kappa shape index (κ1) is 56.7. The highest BCUT2D eigenvalue weighted by Gasteiger charge is 2.27. The molecule has 59 heavy (non-hydrogen) atoms. The minimum atomic E-state index is -4.63. The Morgan fingerprint density at radius 3 is 1.39 bits per heavy atom. The van der Waals surface area contributed by atoms with Crippen LogP contribution in [0.5, 0.6) is 0 Å². The fraction of sp³-hybridized carbons (Fsp3) is 0.750. The molecule has 342 valence electrons. The third-order valence-electron chi connectivity index (χ3n) is 9.69. The van der Waals surface area contributed by atoms with Crippen molar-refractivity contribution in [2.75, 3.05) is 26.4 Å². The van der Waals surface area contributed by atoms with Crippen LogP contribution in [-0.4, -0.2) is 65.7 Å². The lowest BCUT2D eigenvalue weighted by atomic mass is 10.0. The number of hydrogen-bond acceptors (Lipinski definition) is 9. The molecule has 10 nitrogen and oxygen atoms in total. The second-order valence-corrected chi connectivity index (χ2v) is 16.9. The average molecular weight is 853 g/mol. The van der Waals surface area contributed by atoms with Gasteiger partial charge in [0.15, 0.2) is 6.10 Å². The molecule has 0 aromatic heterocycles. The zero-order chi connectivity index (χ0) is 43.3. The van der Waals surface area contributed by atoms with Gasteiger partial charge in [-0.3, -0.25) is 18.6 Å². The van der Waals surface area contributed by atoms with Gasteiger partial charge in [-0.25, -0.2) is 4.57 Å². The van der Waals surface area contributed by atoms with Crippen molar-refractivity contribution in [2.24, 2.45) is 0 Å². The number of hydrogen-bond donors (Lipinski definition) is 3. The molecule has 1 unspecified atom stereocenters. The summed E-state index contributed by atoms with van der Waals surface area (Å²) in [6.45, 7) is 2.22. The van der Waals surface area contributed by atoms with Crippen LogP contribution in [0.4, 0.5) is 0 Å². The van der Waals surface area contributed by atoms with Crippen molar-refractivity contribution in [3.05, 3.63) is 60.8 Å². The maximum atomic E-state index is 12.6. The summed E-state index contributed by atoms with van der Waals surface area (Å²) in [5.41, 5.74) is 0. The highest BCUT2D eigenvalue weighted by molar-refractivity contribution is 7.47. The van der Waals surface area contributed by atoms with E-state index in [4.69, 9.17) is 23.6 Å². The molecular weight excluding hydrogens is 767 g/mol. The van der Waals surface area contributed by atoms with Crippen LogP contribution < -0.4 is 0 Å². The molecule has 3 N–H and O–H groups in total. The molecule has 0 radical (unpaired) electrons. The summed E-state index contributed by atoms with van der Waals surface area (Å²) < 4.78 is 32.7. The molecule has 0 aliphatic heterocycles. The summed E-state index contributed by atoms with van der Waals surface area (Å²) >= 11 is 0. The van der Waals surface area contributed by atoms with E-state index in [-0.39, 0.29) is 19.4 Å². The number of ether oxygens (including phenoxy) is 2. The number of unbranched alkanes of at least 4 members (excludes halogenated alkanes) is 19. The molecule has 0 rings (SSSR count). The monoisotopic (exact) mass is 853 g/mol. The molecule has 0 spiro atoms. The van der Waals surface area contributed by atoms with Gasteiger partial charge in [0, 0.05) is 12.8 Å². The first-order chi connectivity index (χ1) is 28.7. The van der Waals surface area contributed by atoms with Gasteiger partial charge >= 0.3 is 19.8 Å². The van der Waals surface area contributed by atoms with E-state index in [0.717, 1.165) is 51.4 Å². The zero-order valence-electron chi connectivity index (χ0n) is 37.2. The molecule has 0 amide bonds. The van der Waals surface area contributed by atoms with Crippen molar-refractivity contribution < 1.29 is 47.8 Å². The second kappa shape index (κ2) is 43.7. The minimum Gasteiger partial charge on any atom is -0.462 e. The maximum Gasteiger partial charge on any atom is 0.472 e. The first-order valence-electron chi connectivity index (χ1n) is 23.2. The van der Waals surface area contributed by atoms with E-state index in [9.17, 15) is 24.2 Å². The number of aliphatic hydroxyl groups excluding tert-OH is 2. The van der Waals surface area contributed by atoms with Crippen molar-refractivity contribution in [3.8, 4) is 0 Å². The standard InChI is InChI=1S/C48H85O10P/c1-3-5-7-9-11-13-15-17-19-21-22-24-26-28-30-32-34-36-38-40-48(52)58-46(44-57-59(53,54)56-42-45(50)41-49)43-55-47(51)39-37-35-33-31-29-27-25-23-20-18-16-14-12-10-8-6-4-2/h6,8,12,14,18,20,25,27,31,33,45-46,49-50H,3-5,7,9-11,13,15-17,19,21-24,26,28-30,32,34-44H2,1-2H3,(H,53,54)/b8-6-,14-12-,20-18-,27-25-,33-31-/t45-,46+/m0/s1. The van der Waals surface area contributed by atoms with Gasteiger partial charge in [0.25, 0.3) is 0 Å². The quantitative estimate of drug-likeness (QED) is 0.0234. The predicted octanol–water partition coefficient (Wildman–Crippen LogP) is 12.7. The van der Waals surface area contributed by atoms with E-state index in [2.05, 4.69) is 68.5 Å². The fourth-order valence-corrected chi connectivity index (χ4v) is 6.94. The topological polar surface area (TPSA) is 149 Å². The Hall–Kier alpha value is -2.33. The Labute approximate surface area is 359 Å². The molecule has 0 bridgehead atoms. The highest BCUT2D eigenvalue weighted by Crippen LogP contribution is 2.43. The Bertz CT molecular complexity index is 1160. The van der Waals surface area contributed by atoms with Crippen LogP contribution in [0.15, 0.2) is 60.8 Å². The van der Waals surface area contributed by atoms with E-state index in [0.29, 0.717) is 19.3 Å². The number of aliphatic hydroxyl groups is 2. The number of phosphoric acid groups is 1. The molecule has 0 fully saturated rings. The van der Waals surface area contributed by atoms with E-state index >= 15 is 0 Å². The van der Waals surface area contributed by atoms with Crippen LogP contribution in [0, 0.1) is 0 Å². The molecule has 0 aliphatic carbocycles. The fourth-order valence-electron chi connectivity index (χ4n) is 6.15. The van der Waals surface area contributed by atoms with Gasteiger partial charge in [0.1, 0.15) is 12.7 Å². The molecule has 0 heterocycles. The Morgan fingerprint density at radius 1 is 0.525 bits per heavy atom. The molecule has 0 saturated carbocycles. The Kier molecular flexibility index (Phi) is 42.0. The molecular formula is C48H85O10P. The third kappa shape index (κ3) is 43.6. The summed E-state index contributed by atoms with van der Waals surface area (Å²) in [5, 5.41) is 18.4. The van der Waals surface area contributed by atoms with Crippen LogP contribution in [-0.2, 0) is 32.7 Å². The van der Waals surface area contributed by atoms with E-state index in [1.54, 1.807) is 0 Å². The van der Waals surface area contributed by atoms with Gasteiger partial charge in [-0.1, -0.05) is 190 Å². The van der Waals surface area contributed by atoms with Crippen LogP contribution in [0.2, 0.25) is 0 Å². The van der Waals surface area contributed by atoms with Crippen LogP contribution in [0.25, 0.3) is 0 Å². The van der Waals surface area contributed by atoms with Crippen LogP contribution in [0.3, 0.4) is 0 Å². The van der Waals surface area contributed by atoms with Crippen molar-refractivity contribution in [1.82, 2.24) is 0 Å². The first-order valence-corrected chi connectivity index (χ1v) is 24.7. The van der Waals surface area contributed by atoms with Gasteiger partial charge < -0.3 is 24.6 Å². The van der Waals surface area contributed by atoms with Gasteiger partial charge in [0.2, 0.25) is 0 Å². The van der Waals surface area contributed by atoms with Crippen LogP contribution >= 0.6 is 7.82 Å². The molecule has 0 saturated heterocycles. The summed E-state index contributed by atoms with van der Waals surface area (Å²) in [5.74, 6) is -0.990. The Balaban J connectivity index is 4.32. The number of phosphoric ester groups is 1. The van der Waals surface area contributed by atoms with Crippen molar-refractivity contribution in [3.63, 3.8) is 0 Å². The maximum absolute atomic E-state index is 12.6. The second-order valence-electron chi connectivity index (χ2n) is 15.4. The predicted molar refractivity (Wildman–Crippen MR) is 242 cm³/mol. The SMILES string of the molecule is CC/C=C\C/C=C\C/C=C\C/C=C\C/C=C\CCCC(=O)OC[C@H](COP(=O)(O)OC[C@@H](O)CO)OC(=O)CCCCCCCCCCCCCCCCCCCCC. The van der Waals surface area contributed by atoms with E-state index in [1.165, 1.54) is 96.3 Å². The number of allylic oxidation sites excluding steroid dienone is 10. The lowest BCUT2D eigenvalue weighted by Gasteiger charge is -2.20. The Morgan fingerprint density at radius 2 is 0.932 bits per heavy atom. The molecule has 11 heteroatoms. The van der Waals surface area contributed by atoms with Gasteiger partial charge in [0.05, 0.1) is 19.8 Å². The van der Waals surface area contributed by atoms with Gasteiger partial charge in [-0.15, -0.1) is 0 Å². The van der Waals surface area contributed by atoms with Crippen molar-refractivity contribution in [1.29, 1.82) is 0 Å². The molecule has 0 aliphatic rings. The molecule has 0 aromatic rings. The summed E-state index contributed by atoms with van der Waals surface area (Å²) in [7, 11) is -4.63.